The molecule has 1 unspecified atom stereocenters. The van der Waals surface area contributed by atoms with Gasteiger partial charge < -0.3 is 25.3 Å². The third kappa shape index (κ3) is 19.4. The monoisotopic (exact) mass is 692 g/mol. The van der Waals surface area contributed by atoms with Gasteiger partial charge in [-0.1, -0.05) is 110 Å². The van der Waals surface area contributed by atoms with E-state index in [1.165, 1.54) is 19.3 Å². The lowest BCUT2D eigenvalue weighted by Crippen LogP contribution is -2.36. The van der Waals surface area contributed by atoms with E-state index in [-0.39, 0.29) is 17.4 Å². The van der Waals surface area contributed by atoms with Gasteiger partial charge in [-0.15, -0.1) is 0 Å². The zero-order chi connectivity index (χ0) is 38.9. The molecule has 0 amide bonds. The number of aryl methyl sites for hydroxylation is 2. The standard InChI is InChI=1S/C20H26N6O.C7H15NO2.6C2H6/c1-3-16-13-22-26-17(21-12-15-7-8-19(27)24(2)14-15)11-18(23-20(16)26)25-9-5-4-6-10-25;1-4-10-7(9)6(8)5(2)3;6*1-2/h7-8,11,13-14,21H,3-6,9-10,12H2,1-2H3;5-6H,4,8H2,1-3H3;6*1-2H3. The quantitative estimate of drug-likeness (QED) is 0.224. The van der Waals surface area contributed by atoms with Crippen molar-refractivity contribution in [1.82, 2.24) is 19.2 Å². The van der Waals surface area contributed by atoms with E-state index in [4.69, 9.17) is 15.5 Å². The van der Waals surface area contributed by atoms with Gasteiger partial charge in [0.25, 0.3) is 0 Å². The summed E-state index contributed by atoms with van der Waals surface area (Å²) in [4.78, 5) is 29.7. The number of fused-ring (bicyclic) bond motifs is 1. The van der Waals surface area contributed by atoms with E-state index in [2.05, 4.69) is 28.3 Å². The number of aromatic nitrogens is 4. The van der Waals surface area contributed by atoms with Crippen LogP contribution in [0.1, 0.15) is 141 Å². The predicted molar refractivity (Wildman–Crippen MR) is 215 cm³/mol. The first-order chi connectivity index (χ1) is 23.7. The van der Waals surface area contributed by atoms with Gasteiger partial charge in [0.05, 0.1) is 12.8 Å². The predicted octanol–water partition coefficient (Wildman–Crippen LogP) is 9.28. The van der Waals surface area contributed by atoms with Crippen LogP contribution >= 0.6 is 0 Å². The number of hydrogen-bond donors (Lipinski definition) is 2. The maximum atomic E-state index is 11.6. The number of nitrogens with one attached hydrogen (secondary N) is 1. The van der Waals surface area contributed by atoms with Crippen LogP contribution in [0.2, 0.25) is 0 Å². The Balaban J connectivity index is -0.000000387. The fraction of sp³-hybridized carbons (Fsp3) is 0.692. The first-order valence-electron chi connectivity index (χ1n) is 19.2. The van der Waals surface area contributed by atoms with Crippen molar-refractivity contribution in [2.24, 2.45) is 18.7 Å². The second-order valence-electron chi connectivity index (χ2n) is 9.67. The van der Waals surface area contributed by atoms with E-state index < -0.39 is 6.04 Å². The smallest absolute Gasteiger partial charge is 0.323 e. The number of nitrogens with zero attached hydrogens (tertiary/aromatic N) is 5. The van der Waals surface area contributed by atoms with Crippen LogP contribution in [0.3, 0.4) is 0 Å². The molecule has 0 spiro atoms. The lowest BCUT2D eigenvalue weighted by molar-refractivity contribution is -0.145. The summed E-state index contributed by atoms with van der Waals surface area (Å²) in [5.41, 5.74) is 8.59. The third-order valence-electron chi connectivity index (χ3n) is 6.49. The zero-order valence-corrected chi connectivity index (χ0v) is 34.7. The van der Waals surface area contributed by atoms with E-state index in [9.17, 15) is 9.59 Å². The second kappa shape index (κ2) is 34.5. The highest BCUT2D eigenvalue weighted by Crippen LogP contribution is 2.24. The van der Waals surface area contributed by atoms with Gasteiger partial charge in [0.1, 0.15) is 17.7 Å². The van der Waals surface area contributed by atoms with Gasteiger partial charge in [-0.3, -0.25) is 9.59 Å². The Morgan fingerprint density at radius 3 is 1.94 bits per heavy atom. The Bertz CT molecular complexity index is 1230. The molecule has 1 aliphatic rings. The molecule has 0 aliphatic carbocycles. The topological polar surface area (TPSA) is 120 Å². The van der Waals surface area contributed by atoms with Crippen LogP contribution < -0.4 is 21.5 Å². The van der Waals surface area contributed by atoms with Crippen molar-refractivity contribution in [3.05, 3.63) is 52.1 Å². The first-order valence-corrected chi connectivity index (χ1v) is 19.2. The van der Waals surface area contributed by atoms with Gasteiger partial charge in [0.2, 0.25) is 5.56 Å². The molecule has 10 nitrogen and oxygen atoms in total. The van der Waals surface area contributed by atoms with E-state index in [0.29, 0.717) is 13.2 Å². The molecule has 1 atom stereocenters. The van der Waals surface area contributed by atoms with Crippen molar-refractivity contribution in [1.29, 1.82) is 0 Å². The van der Waals surface area contributed by atoms with E-state index >= 15 is 0 Å². The van der Waals surface area contributed by atoms with Crippen molar-refractivity contribution >= 4 is 23.3 Å². The average Bonchev–Trinajstić information content (AvgIpc) is 3.60. The Morgan fingerprint density at radius 1 is 0.918 bits per heavy atom. The fourth-order valence-electron chi connectivity index (χ4n) is 4.11. The lowest BCUT2D eigenvalue weighted by atomic mass is 10.1. The Kier molecular flexibility index (Phi) is 36.9. The van der Waals surface area contributed by atoms with Gasteiger partial charge in [-0.2, -0.15) is 9.61 Å². The van der Waals surface area contributed by atoms with Gasteiger partial charge >= 0.3 is 5.97 Å². The summed E-state index contributed by atoms with van der Waals surface area (Å²) in [7, 11) is 1.77. The summed E-state index contributed by atoms with van der Waals surface area (Å²) < 4.78 is 8.18. The number of esters is 1. The molecule has 0 radical (unpaired) electrons. The molecule has 10 heteroatoms. The SMILES string of the molecule is CC.CC.CC.CC.CC.CC.CCOC(=O)C(N)C(C)C.CCc1cnn2c(NCc3ccc(=O)n(C)c3)cc(N3CCCCC3)nc12. The number of ether oxygens (including phenoxy) is 1. The van der Waals surface area contributed by atoms with Crippen LogP contribution in [-0.4, -0.2) is 50.9 Å². The zero-order valence-electron chi connectivity index (χ0n) is 34.7. The highest BCUT2D eigenvalue weighted by molar-refractivity contribution is 5.75. The number of carbonyl (C=O) groups excluding carboxylic acids is 1. The van der Waals surface area contributed by atoms with Crippen molar-refractivity contribution in [3.8, 4) is 0 Å². The third-order valence-corrected chi connectivity index (χ3v) is 6.49. The van der Waals surface area contributed by atoms with Crippen molar-refractivity contribution in [2.45, 2.75) is 149 Å². The summed E-state index contributed by atoms with van der Waals surface area (Å²) >= 11 is 0. The fourth-order valence-corrected chi connectivity index (χ4v) is 4.11. The molecule has 4 heterocycles. The summed E-state index contributed by atoms with van der Waals surface area (Å²) in [6.07, 6.45) is 8.39. The molecular formula is C39H77N7O3. The van der Waals surface area contributed by atoms with E-state index in [1.54, 1.807) is 24.6 Å². The molecule has 1 fully saturated rings. The minimum Gasteiger partial charge on any atom is -0.465 e. The van der Waals surface area contributed by atoms with Crippen LogP contribution in [0.5, 0.6) is 0 Å². The Labute approximate surface area is 301 Å². The molecule has 286 valence electrons. The lowest BCUT2D eigenvalue weighted by Gasteiger charge is -2.28. The van der Waals surface area contributed by atoms with Gasteiger partial charge in [-0.25, -0.2) is 4.98 Å². The molecule has 3 aromatic rings. The molecule has 0 bridgehead atoms. The number of nitrogens with two attached hydrogens (primary N) is 1. The van der Waals surface area contributed by atoms with Crippen LogP contribution in [-0.2, 0) is 29.5 Å². The summed E-state index contributed by atoms with van der Waals surface area (Å²) in [5.74, 6) is 1.78. The largest absolute Gasteiger partial charge is 0.465 e. The second-order valence-corrected chi connectivity index (χ2v) is 9.67. The number of hydrogen-bond acceptors (Lipinski definition) is 8. The number of rotatable bonds is 8. The van der Waals surface area contributed by atoms with Crippen molar-refractivity contribution in [3.63, 3.8) is 0 Å². The minimum atomic E-state index is -0.472. The summed E-state index contributed by atoms with van der Waals surface area (Å²) in [6, 6.07) is 5.08. The number of pyridine rings is 1. The molecular weight excluding hydrogens is 614 g/mol. The van der Waals surface area contributed by atoms with Crippen LogP contribution in [0.25, 0.3) is 5.65 Å². The maximum Gasteiger partial charge on any atom is 0.323 e. The molecule has 3 N–H and O–H groups in total. The van der Waals surface area contributed by atoms with Gasteiger partial charge in [0.15, 0.2) is 5.65 Å². The number of carbonyl (C=O) groups is 1. The molecule has 1 saturated heterocycles. The van der Waals surface area contributed by atoms with Gasteiger partial charge in [0, 0.05) is 50.6 Å². The Morgan fingerprint density at radius 2 is 1.47 bits per heavy atom. The van der Waals surface area contributed by atoms with Crippen LogP contribution in [0, 0.1) is 5.92 Å². The molecule has 49 heavy (non-hydrogen) atoms. The molecule has 3 aromatic heterocycles. The normalized spacial score (nSPS) is 11.5. The van der Waals surface area contributed by atoms with Crippen LogP contribution in [0.15, 0.2) is 35.4 Å². The number of anilines is 2. The molecule has 0 saturated carbocycles. The first kappa shape index (κ1) is 52.4. The van der Waals surface area contributed by atoms with E-state index in [0.717, 1.165) is 47.9 Å². The van der Waals surface area contributed by atoms with Crippen LogP contribution in [0.4, 0.5) is 11.6 Å². The van der Waals surface area contributed by atoms with Gasteiger partial charge in [-0.05, 0) is 44.1 Å². The van der Waals surface area contributed by atoms with Crippen molar-refractivity contribution < 1.29 is 9.53 Å². The molecule has 4 rings (SSSR count). The maximum absolute atomic E-state index is 11.6. The molecule has 1 aliphatic heterocycles. The summed E-state index contributed by atoms with van der Waals surface area (Å²) in [6.45, 7) is 34.8. The van der Waals surface area contributed by atoms with E-state index in [1.807, 2.05) is 120 Å². The summed E-state index contributed by atoms with van der Waals surface area (Å²) in [5, 5.41) is 8.02. The average molecular weight is 692 g/mol. The Hall–Kier alpha value is -3.40. The highest BCUT2D eigenvalue weighted by Gasteiger charge is 2.18. The number of piperidine rings is 1. The molecule has 0 aromatic carbocycles. The highest BCUT2D eigenvalue weighted by atomic mass is 16.5. The van der Waals surface area contributed by atoms with Crippen molar-refractivity contribution in [2.75, 3.05) is 29.9 Å². The minimum absolute atomic E-state index is 0.00269.